The number of Topliss-reactive ketones (excluding diaryl/α,β-unsaturated/α-hetero) is 1. The Hall–Kier alpha value is -1.84. The van der Waals surface area contributed by atoms with Gasteiger partial charge in [-0.3, -0.25) is 4.79 Å². The number of ether oxygens (including phenoxy) is 1. The van der Waals surface area contributed by atoms with Gasteiger partial charge in [-0.25, -0.2) is 4.79 Å². The average Bonchev–Trinajstić information content (AvgIpc) is 2.53. The Morgan fingerprint density at radius 1 is 1.16 bits per heavy atom. The van der Waals surface area contributed by atoms with E-state index >= 15 is 0 Å². The minimum absolute atomic E-state index is 0.0686. The molecular weight excluding hydrogens is 314 g/mol. The normalized spacial score (nSPS) is 18.3. The largest absolute Gasteiger partial charge is 0.444 e. The van der Waals surface area contributed by atoms with E-state index in [4.69, 9.17) is 4.74 Å². The lowest BCUT2D eigenvalue weighted by atomic mass is 9.94. The molecule has 0 spiro atoms. The highest BCUT2D eigenvalue weighted by molar-refractivity contribution is 5.96. The van der Waals surface area contributed by atoms with Gasteiger partial charge in [-0.2, -0.15) is 0 Å². The van der Waals surface area contributed by atoms with Gasteiger partial charge in [0.1, 0.15) is 5.60 Å². The molecule has 2 rings (SSSR count). The lowest BCUT2D eigenvalue weighted by Gasteiger charge is -2.36. The lowest BCUT2D eigenvalue weighted by molar-refractivity contribution is 0.00946. The predicted octanol–water partition coefficient (Wildman–Crippen LogP) is 5.17. The maximum atomic E-state index is 12.7. The Morgan fingerprint density at radius 2 is 1.80 bits per heavy atom. The van der Waals surface area contributed by atoms with Crippen molar-refractivity contribution in [3.05, 3.63) is 35.4 Å². The molecule has 0 aromatic heterocycles. The fourth-order valence-corrected chi connectivity index (χ4v) is 3.16. The van der Waals surface area contributed by atoms with Gasteiger partial charge < -0.3 is 9.64 Å². The quantitative estimate of drug-likeness (QED) is 0.707. The minimum atomic E-state index is -0.518. The van der Waals surface area contributed by atoms with Crippen molar-refractivity contribution in [2.24, 2.45) is 0 Å². The van der Waals surface area contributed by atoms with E-state index in [0.717, 1.165) is 24.8 Å². The molecule has 4 heteroatoms. The molecule has 1 amide bonds. The number of hydrogen-bond acceptors (Lipinski definition) is 3. The third-order valence-electron chi connectivity index (χ3n) is 4.58. The van der Waals surface area contributed by atoms with Crippen molar-refractivity contribution in [1.29, 1.82) is 0 Å². The molecule has 1 fully saturated rings. The molecule has 0 radical (unpaired) electrons. The summed E-state index contributed by atoms with van der Waals surface area (Å²) in [6.07, 6.45) is 2.92. The van der Waals surface area contributed by atoms with Crippen molar-refractivity contribution < 1.29 is 14.3 Å². The van der Waals surface area contributed by atoms with Gasteiger partial charge in [0.15, 0.2) is 5.78 Å². The molecule has 0 aliphatic carbocycles. The second-order valence-corrected chi connectivity index (χ2v) is 8.23. The van der Waals surface area contributed by atoms with Gasteiger partial charge in [0, 0.05) is 24.6 Å². The Bertz CT molecular complexity index is 599. The molecule has 1 unspecified atom stereocenters. The van der Waals surface area contributed by atoms with Crippen LogP contribution in [0.15, 0.2) is 24.3 Å². The van der Waals surface area contributed by atoms with Crippen molar-refractivity contribution in [3.63, 3.8) is 0 Å². The van der Waals surface area contributed by atoms with E-state index in [0.29, 0.717) is 18.9 Å². The molecule has 0 saturated carbocycles. The van der Waals surface area contributed by atoms with Crippen LogP contribution in [-0.2, 0) is 4.74 Å². The van der Waals surface area contributed by atoms with Crippen LogP contribution in [0.3, 0.4) is 0 Å². The zero-order valence-electron chi connectivity index (χ0n) is 16.2. The second kappa shape index (κ2) is 8.03. The van der Waals surface area contributed by atoms with Crippen molar-refractivity contribution in [1.82, 2.24) is 4.90 Å². The fourth-order valence-electron chi connectivity index (χ4n) is 3.16. The van der Waals surface area contributed by atoms with Gasteiger partial charge in [0.25, 0.3) is 0 Å². The number of ketones is 1. The topological polar surface area (TPSA) is 46.6 Å². The van der Waals surface area contributed by atoms with Crippen molar-refractivity contribution >= 4 is 11.9 Å². The number of rotatable bonds is 4. The summed E-state index contributed by atoms with van der Waals surface area (Å²) in [6, 6.07) is 7.77. The molecule has 1 aromatic rings. The highest BCUT2D eigenvalue weighted by atomic mass is 16.6. The summed E-state index contributed by atoms with van der Waals surface area (Å²) in [5, 5.41) is 0. The molecule has 4 nitrogen and oxygen atoms in total. The molecule has 138 valence electrons. The van der Waals surface area contributed by atoms with Crippen LogP contribution in [0.25, 0.3) is 0 Å². The summed E-state index contributed by atoms with van der Waals surface area (Å²) in [5.74, 6) is 0.543. The number of nitrogens with zero attached hydrogens (tertiary/aromatic N) is 1. The molecule has 1 aliphatic rings. The van der Waals surface area contributed by atoms with Crippen LogP contribution in [0.4, 0.5) is 4.79 Å². The van der Waals surface area contributed by atoms with Crippen molar-refractivity contribution in [2.75, 3.05) is 6.54 Å². The maximum absolute atomic E-state index is 12.7. The van der Waals surface area contributed by atoms with Gasteiger partial charge in [0.05, 0.1) is 0 Å². The standard InChI is InChI=1S/C21H31NO3/c1-15(2)16-9-11-17(12-10-16)19(23)14-18-8-6-7-13-22(18)20(24)25-21(3,4)5/h9-12,15,18H,6-8,13-14H2,1-5H3. The number of likely N-dealkylation sites (tertiary alicyclic amines) is 1. The molecular formula is C21H31NO3. The van der Waals surface area contributed by atoms with Crippen molar-refractivity contribution in [3.8, 4) is 0 Å². The van der Waals surface area contributed by atoms with E-state index < -0.39 is 5.60 Å². The van der Waals surface area contributed by atoms with Crippen LogP contribution in [0, 0.1) is 0 Å². The smallest absolute Gasteiger partial charge is 0.410 e. The summed E-state index contributed by atoms with van der Waals surface area (Å²) < 4.78 is 5.51. The van der Waals surface area contributed by atoms with Gasteiger partial charge >= 0.3 is 6.09 Å². The van der Waals surface area contributed by atoms with E-state index in [9.17, 15) is 9.59 Å². The van der Waals surface area contributed by atoms with E-state index in [-0.39, 0.29) is 17.9 Å². The molecule has 1 heterocycles. The van der Waals surface area contributed by atoms with Gasteiger partial charge in [-0.15, -0.1) is 0 Å². The summed E-state index contributed by atoms with van der Waals surface area (Å²) in [4.78, 5) is 26.9. The Balaban J connectivity index is 2.05. The van der Waals surface area contributed by atoms with E-state index in [1.165, 1.54) is 5.56 Å². The zero-order valence-corrected chi connectivity index (χ0v) is 16.2. The molecule has 0 N–H and O–H groups in total. The minimum Gasteiger partial charge on any atom is -0.444 e. The zero-order chi connectivity index (χ0) is 18.6. The summed E-state index contributed by atoms with van der Waals surface area (Å²) >= 11 is 0. The Morgan fingerprint density at radius 3 is 2.36 bits per heavy atom. The molecule has 1 aliphatic heterocycles. The van der Waals surface area contributed by atoms with Crippen LogP contribution < -0.4 is 0 Å². The monoisotopic (exact) mass is 345 g/mol. The molecule has 0 bridgehead atoms. The Labute approximate surface area is 151 Å². The number of piperidine rings is 1. The van der Waals surface area contributed by atoms with Crippen molar-refractivity contribution in [2.45, 2.75) is 77.9 Å². The fraction of sp³-hybridized carbons (Fsp3) is 0.619. The number of benzene rings is 1. The first-order valence-electron chi connectivity index (χ1n) is 9.30. The van der Waals surface area contributed by atoms with Gasteiger partial charge in [-0.05, 0) is 51.5 Å². The predicted molar refractivity (Wildman–Crippen MR) is 100 cm³/mol. The molecule has 1 atom stereocenters. The highest BCUT2D eigenvalue weighted by Gasteiger charge is 2.31. The molecule has 1 saturated heterocycles. The number of hydrogen-bond donors (Lipinski definition) is 0. The Kier molecular flexibility index (Phi) is 6.26. The highest BCUT2D eigenvalue weighted by Crippen LogP contribution is 2.24. The number of carbonyl (C=O) groups excluding carboxylic acids is 2. The summed E-state index contributed by atoms with van der Waals surface area (Å²) in [7, 11) is 0. The van der Waals surface area contributed by atoms with Gasteiger partial charge in [-0.1, -0.05) is 38.1 Å². The third-order valence-corrected chi connectivity index (χ3v) is 4.58. The summed E-state index contributed by atoms with van der Waals surface area (Å²) in [5.41, 5.74) is 1.43. The summed E-state index contributed by atoms with van der Waals surface area (Å²) in [6.45, 7) is 10.5. The van der Waals surface area contributed by atoms with Crippen LogP contribution in [0.5, 0.6) is 0 Å². The van der Waals surface area contributed by atoms with Gasteiger partial charge in [0.2, 0.25) is 0 Å². The molecule has 25 heavy (non-hydrogen) atoms. The van der Waals surface area contributed by atoms with Crippen LogP contribution >= 0.6 is 0 Å². The second-order valence-electron chi connectivity index (χ2n) is 8.23. The number of amides is 1. The first-order valence-corrected chi connectivity index (χ1v) is 9.30. The lowest BCUT2D eigenvalue weighted by Crippen LogP contribution is -2.46. The maximum Gasteiger partial charge on any atom is 0.410 e. The number of carbonyl (C=O) groups is 2. The molecule has 1 aromatic carbocycles. The van der Waals surface area contributed by atoms with Crippen LogP contribution in [0.2, 0.25) is 0 Å². The van der Waals surface area contributed by atoms with Crippen LogP contribution in [-0.4, -0.2) is 35.0 Å². The van der Waals surface area contributed by atoms with E-state index in [2.05, 4.69) is 13.8 Å². The first-order chi connectivity index (χ1) is 11.7. The first kappa shape index (κ1) is 19.5. The SMILES string of the molecule is CC(C)c1ccc(C(=O)CC2CCCCN2C(=O)OC(C)(C)C)cc1. The average molecular weight is 345 g/mol. The third kappa shape index (κ3) is 5.58. The van der Waals surface area contributed by atoms with E-state index in [1.54, 1.807) is 4.90 Å². The van der Waals surface area contributed by atoms with Crippen LogP contribution in [0.1, 0.15) is 82.1 Å². The van der Waals surface area contributed by atoms with E-state index in [1.807, 2.05) is 45.0 Å².